The summed E-state index contributed by atoms with van der Waals surface area (Å²) in [6.07, 6.45) is 3.26. The van der Waals surface area contributed by atoms with Gasteiger partial charge in [-0.3, -0.25) is 0 Å². The molecule has 0 atom stereocenters. The molecule has 0 unspecified atom stereocenters. The first-order chi connectivity index (χ1) is 7.51. The van der Waals surface area contributed by atoms with Crippen molar-refractivity contribution in [3.63, 3.8) is 0 Å². The molecule has 1 rings (SSSR count). The van der Waals surface area contributed by atoms with E-state index in [0.29, 0.717) is 0 Å². The monoisotopic (exact) mass is 220 g/mol. The molecule has 0 spiro atoms. The van der Waals surface area contributed by atoms with Gasteiger partial charge in [0, 0.05) is 17.8 Å². The van der Waals surface area contributed by atoms with Crippen molar-refractivity contribution in [1.29, 1.82) is 0 Å². The van der Waals surface area contributed by atoms with Crippen molar-refractivity contribution in [2.24, 2.45) is 5.73 Å². The maximum atomic E-state index is 5.93. The van der Waals surface area contributed by atoms with E-state index >= 15 is 0 Å². The predicted octanol–water partition coefficient (Wildman–Crippen LogP) is 3.18. The molecule has 0 saturated carbocycles. The molecule has 2 nitrogen and oxygen atoms in total. The molecule has 1 aromatic carbocycles. The predicted molar refractivity (Wildman–Crippen MR) is 71.8 cm³/mol. The number of nitrogens with one attached hydrogen (secondary N) is 1. The minimum absolute atomic E-state index is 0.0479. The van der Waals surface area contributed by atoms with Crippen molar-refractivity contribution < 1.29 is 0 Å². The highest BCUT2D eigenvalue weighted by Crippen LogP contribution is 2.11. The van der Waals surface area contributed by atoms with E-state index in [0.717, 1.165) is 25.8 Å². The van der Waals surface area contributed by atoms with Gasteiger partial charge in [-0.15, -0.1) is 0 Å². The molecular weight excluding hydrogens is 196 g/mol. The van der Waals surface area contributed by atoms with Gasteiger partial charge in [-0.1, -0.05) is 19.1 Å². The van der Waals surface area contributed by atoms with Crippen molar-refractivity contribution in [3.05, 3.63) is 29.8 Å². The fourth-order valence-electron chi connectivity index (χ4n) is 1.64. The van der Waals surface area contributed by atoms with Gasteiger partial charge in [0.1, 0.15) is 0 Å². The van der Waals surface area contributed by atoms with Crippen LogP contribution in [0.1, 0.15) is 39.2 Å². The summed E-state index contributed by atoms with van der Waals surface area (Å²) >= 11 is 0. The van der Waals surface area contributed by atoms with Crippen LogP contribution in [0.15, 0.2) is 24.3 Å². The summed E-state index contributed by atoms with van der Waals surface area (Å²) in [4.78, 5) is 0. The van der Waals surface area contributed by atoms with Crippen LogP contribution in [0.2, 0.25) is 0 Å². The summed E-state index contributed by atoms with van der Waals surface area (Å²) in [6, 6.07) is 8.64. The molecule has 90 valence electrons. The van der Waals surface area contributed by atoms with Crippen molar-refractivity contribution in [2.45, 2.75) is 45.6 Å². The Hall–Kier alpha value is -1.02. The van der Waals surface area contributed by atoms with Gasteiger partial charge < -0.3 is 11.1 Å². The number of hydrogen-bond donors (Lipinski definition) is 2. The second-order valence-corrected chi connectivity index (χ2v) is 5.07. The van der Waals surface area contributed by atoms with Crippen molar-refractivity contribution >= 4 is 5.69 Å². The van der Waals surface area contributed by atoms with Gasteiger partial charge in [-0.05, 0) is 50.8 Å². The summed E-state index contributed by atoms with van der Waals surface area (Å²) in [5, 5.41) is 3.41. The standard InChI is InChI=1S/C14H24N2/c1-4-12-6-8-13(9-7-12)16-11-5-10-14(2,3)15/h6-9,16H,4-5,10-11,15H2,1-3H3. The second-order valence-electron chi connectivity index (χ2n) is 5.07. The van der Waals surface area contributed by atoms with Crippen molar-refractivity contribution in [1.82, 2.24) is 0 Å². The molecule has 0 bridgehead atoms. The van der Waals surface area contributed by atoms with Gasteiger partial charge in [0.15, 0.2) is 0 Å². The van der Waals surface area contributed by atoms with Crippen LogP contribution in [0.25, 0.3) is 0 Å². The topological polar surface area (TPSA) is 38.0 Å². The Morgan fingerprint density at radius 2 is 1.81 bits per heavy atom. The highest BCUT2D eigenvalue weighted by Gasteiger charge is 2.08. The normalized spacial score (nSPS) is 11.5. The van der Waals surface area contributed by atoms with Crippen LogP contribution in [-0.2, 0) is 6.42 Å². The number of aryl methyl sites for hydroxylation is 1. The third-order valence-corrected chi connectivity index (χ3v) is 2.69. The molecule has 1 aromatic rings. The molecular formula is C14H24N2. The van der Waals surface area contributed by atoms with E-state index in [1.165, 1.54) is 11.3 Å². The average Bonchev–Trinajstić information content (AvgIpc) is 2.24. The van der Waals surface area contributed by atoms with Gasteiger partial charge in [0.2, 0.25) is 0 Å². The third-order valence-electron chi connectivity index (χ3n) is 2.69. The fourth-order valence-corrected chi connectivity index (χ4v) is 1.64. The van der Waals surface area contributed by atoms with Crippen LogP contribution < -0.4 is 11.1 Å². The van der Waals surface area contributed by atoms with Gasteiger partial charge in [-0.25, -0.2) is 0 Å². The largest absolute Gasteiger partial charge is 0.385 e. The highest BCUT2D eigenvalue weighted by atomic mass is 14.9. The molecule has 3 N–H and O–H groups in total. The summed E-state index contributed by atoms with van der Waals surface area (Å²) < 4.78 is 0. The summed E-state index contributed by atoms with van der Waals surface area (Å²) in [5.74, 6) is 0. The van der Waals surface area contributed by atoms with Crippen LogP contribution in [-0.4, -0.2) is 12.1 Å². The molecule has 0 fully saturated rings. The maximum Gasteiger partial charge on any atom is 0.0340 e. The van der Waals surface area contributed by atoms with E-state index in [1.54, 1.807) is 0 Å². The van der Waals surface area contributed by atoms with E-state index in [4.69, 9.17) is 5.73 Å². The highest BCUT2D eigenvalue weighted by molar-refractivity contribution is 5.44. The Morgan fingerprint density at radius 3 is 2.31 bits per heavy atom. The van der Waals surface area contributed by atoms with E-state index < -0.39 is 0 Å². The van der Waals surface area contributed by atoms with E-state index in [2.05, 4.69) is 50.4 Å². The Balaban J connectivity index is 2.27. The lowest BCUT2D eigenvalue weighted by Crippen LogP contribution is -2.32. The average molecular weight is 220 g/mol. The third kappa shape index (κ3) is 5.17. The van der Waals surface area contributed by atoms with E-state index in [-0.39, 0.29) is 5.54 Å². The molecule has 0 aromatic heterocycles. The van der Waals surface area contributed by atoms with Gasteiger partial charge in [0.05, 0.1) is 0 Å². The smallest absolute Gasteiger partial charge is 0.0340 e. The molecule has 0 heterocycles. The first kappa shape index (κ1) is 13.0. The van der Waals surface area contributed by atoms with Crippen molar-refractivity contribution in [2.75, 3.05) is 11.9 Å². The van der Waals surface area contributed by atoms with Crippen LogP contribution in [0.3, 0.4) is 0 Å². The van der Waals surface area contributed by atoms with E-state index in [9.17, 15) is 0 Å². The molecule has 2 heteroatoms. The van der Waals surface area contributed by atoms with E-state index in [1.807, 2.05) is 0 Å². The second kappa shape index (κ2) is 5.90. The lowest BCUT2D eigenvalue weighted by molar-refractivity contribution is 0.465. The summed E-state index contributed by atoms with van der Waals surface area (Å²) in [7, 11) is 0. The molecule has 0 amide bonds. The van der Waals surface area contributed by atoms with Crippen LogP contribution in [0, 0.1) is 0 Å². The molecule has 0 aliphatic rings. The fraction of sp³-hybridized carbons (Fsp3) is 0.571. The van der Waals surface area contributed by atoms with Gasteiger partial charge in [-0.2, -0.15) is 0 Å². The van der Waals surface area contributed by atoms with Crippen LogP contribution in [0.4, 0.5) is 5.69 Å². The number of nitrogens with two attached hydrogens (primary N) is 1. The molecule has 0 saturated heterocycles. The summed E-state index contributed by atoms with van der Waals surface area (Å²) in [6.45, 7) is 7.31. The zero-order valence-electron chi connectivity index (χ0n) is 10.7. The quantitative estimate of drug-likeness (QED) is 0.723. The minimum Gasteiger partial charge on any atom is -0.385 e. The lowest BCUT2D eigenvalue weighted by atomic mass is 10.0. The SMILES string of the molecule is CCc1ccc(NCCCC(C)(C)N)cc1. The van der Waals surface area contributed by atoms with Gasteiger partial charge in [0.25, 0.3) is 0 Å². The maximum absolute atomic E-state index is 5.93. The Morgan fingerprint density at radius 1 is 1.19 bits per heavy atom. The first-order valence-corrected chi connectivity index (χ1v) is 6.13. The number of anilines is 1. The Kier molecular flexibility index (Phi) is 4.81. The first-order valence-electron chi connectivity index (χ1n) is 6.13. The van der Waals surface area contributed by atoms with Crippen LogP contribution in [0.5, 0.6) is 0 Å². The molecule has 0 aliphatic heterocycles. The number of hydrogen-bond acceptors (Lipinski definition) is 2. The number of rotatable bonds is 6. The molecule has 16 heavy (non-hydrogen) atoms. The zero-order valence-corrected chi connectivity index (χ0v) is 10.7. The molecule has 0 aliphatic carbocycles. The summed E-state index contributed by atoms with van der Waals surface area (Å²) in [5.41, 5.74) is 8.46. The van der Waals surface area contributed by atoms with Gasteiger partial charge >= 0.3 is 0 Å². The zero-order chi connectivity index (χ0) is 12.0. The minimum atomic E-state index is -0.0479. The lowest BCUT2D eigenvalue weighted by Gasteiger charge is -2.18. The number of benzene rings is 1. The van der Waals surface area contributed by atoms with Crippen LogP contribution >= 0.6 is 0 Å². The molecule has 0 radical (unpaired) electrons. The van der Waals surface area contributed by atoms with Crippen molar-refractivity contribution in [3.8, 4) is 0 Å². The Labute approximate surface area is 99.2 Å². The Bertz CT molecular complexity index is 296.